The lowest BCUT2D eigenvalue weighted by molar-refractivity contribution is -0.119. The molecule has 144 valence electrons. The quantitative estimate of drug-likeness (QED) is 0.659. The summed E-state index contributed by atoms with van der Waals surface area (Å²) in [5, 5.41) is 0.252. The number of benzene rings is 2. The van der Waals surface area contributed by atoms with E-state index in [2.05, 4.69) is 0 Å². The van der Waals surface area contributed by atoms with Crippen LogP contribution < -0.4 is 4.90 Å². The SMILES string of the molecule is Cc1ccc(N2C(=O)CC(c3c(F)cccc3Cl)C3=C2CCCC3=O)cc1C. The van der Waals surface area contributed by atoms with Gasteiger partial charge in [0.15, 0.2) is 5.78 Å². The van der Waals surface area contributed by atoms with E-state index in [1.54, 1.807) is 11.0 Å². The number of rotatable bonds is 2. The number of allylic oxidation sites excluding steroid dienone is 2. The van der Waals surface area contributed by atoms with Gasteiger partial charge < -0.3 is 0 Å². The van der Waals surface area contributed by atoms with Crippen molar-refractivity contribution >= 4 is 29.0 Å². The van der Waals surface area contributed by atoms with Gasteiger partial charge in [-0.15, -0.1) is 0 Å². The third kappa shape index (κ3) is 3.06. The molecule has 0 saturated carbocycles. The van der Waals surface area contributed by atoms with Crippen molar-refractivity contribution < 1.29 is 14.0 Å². The van der Waals surface area contributed by atoms with Crippen LogP contribution in [0.15, 0.2) is 47.7 Å². The Kier molecular flexibility index (Phi) is 4.84. The number of aryl methyl sites for hydroxylation is 2. The van der Waals surface area contributed by atoms with Gasteiger partial charge in [0.1, 0.15) is 5.82 Å². The van der Waals surface area contributed by atoms with E-state index in [1.165, 1.54) is 12.1 Å². The van der Waals surface area contributed by atoms with Crippen LogP contribution in [0.2, 0.25) is 5.02 Å². The first kappa shape index (κ1) is 18.9. The van der Waals surface area contributed by atoms with Crippen molar-refractivity contribution in [2.24, 2.45) is 0 Å². The largest absolute Gasteiger partial charge is 0.294 e. The fourth-order valence-electron chi connectivity index (χ4n) is 4.25. The Bertz CT molecular complexity index is 1010. The molecule has 0 saturated heterocycles. The van der Waals surface area contributed by atoms with Crippen LogP contribution >= 0.6 is 11.6 Å². The number of anilines is 1. The van der Waals surface area contributed by atoms with Gasteiger partial charge in [0.05, 0.1) is 0 Å². The highest BCUT2D eigenvalue weighted by Crippen LogP contribution is 2.45. The van der Waals surface area contributed by atoms with Crippen molar-refractivity contribution in [1.82, 2.24) is 0 Å². The molecule has 1 aliphatic carbocycles. The Labute approximate surface area is 168 Å². The Morgan fingerprint density at radius 1 is 1.07 bits per heavy atom. The Morgan fingerprint density at radius 2 is 1.86 bits per heavy atom. The van der Waals surface area contributed by atoms with Gasteiger partial charge in [-0.3, -0.25) is 14.5 Å². The summed E-state index contributed by atoms with van der Waals surface area (Å²) < 4.78 is 14.6. The van der Waals surface area contributed by atoms with E-state index in [4.69, 9.17) is 11.6 Å². The molecule has 0 N–H and O–H groups in total. The first-order valence-corrected chi connectivity index (χ1v) is 9.86. The maximum Gasteiger partial charge on any atom is 0.232 e. The molecule has 1 unspecified atom stereocenters. The van der Waals surface area contributed by atoms with Crippen LogP contribution in [0.25, 0.3) is 0 Å². The lowest BCUT2D eigenvalue weighted by atomic mass is 9.77. The minimum Gasteiger partial charge on any atom is -0.294 e. The van der Waals surface area contributed by atoms with Crippen LogP contribution in [0.5, 0.6) is 0 Å². The number of halogens is 2. The molecule has 0 spiro atoms. The second kappa shape index (κ2) is 7.17. The average molecular weight is 398 g/mol. The lowest BCUT2D eigenvalue weighted by Crippen LogP contribution is -2.40. The zero-order chi connectivity index (χ0) is 20.0. The molecule has 0 aromatic heterocycles. The molecule has 1 aliphatic heterocycles. The highest BCUT2D eigenvalue weighted by Gasteiger charge is 2.41. The number of carbonyl (C=O) groups excluding carboxylic acids is 2. The molecule has 2 aromatic rings. The third-order valence-electron chi connectivity index (χ3n) is 5.77. The molecule has 0 bridgehead atoms. The highest BCUT2D eigenvalue weighted by atomic mass is 35.5. The van der Waals surface area contributed by atoms with E-state index in [1.807, 2.05) is 32.0 Å². The van der Waals surface area contributed by atoms with Crippen molar-refractivity contribution in [2.75, 3.05) is 4.90 Å². The number of amides is 1. The number of nitrogens with zero attached hydrogens (tertiary/aromatic N) is 1. The van der Waals surface area contributed by atoms with Gasteiger partial charge in [0.2, 0.25) is 5.91 Å². The number of hydrogen-bond donors (Lipinski definition) is 0. The molecule has 1 heterocycles. The van der Waals surface area contributed by atoms with E-state index >= 15 is 0 Å². The van der Waals surface area contributed by atoms with Gasteiger partial charge in [0, 0.05) is 46.3 Å². The van der Waals surface area contributed by atoms with E-state index in [0.29, 0.717) is 30.5 Å². The van der Waals surface area contributed by atoms with Gasteiger partial charge >= 0.3 is 0 Å². The Hall–Kier alpha value is -2.46. The fraction of sp³-hybridized carbons (Fsp3) is 0.304. The van der Waals surface area contributed by atoms with Crippen LogP contribution in [-0.2, 0) is 9.59 Å². The van der Waals surface area contributed by atoms with E-state index < -0.39 is 11.7 Å². The van der Waals surface area contributed by atoms with Crippen LogP contribution in [0.1, 0.15) is 48.3 Å². The second-order valence-electron chi connectivity index (χ2n) is 7.53. The molecular weight excluding hydrogens is 377 g/mol. The number of ketones is 1. The summed E-state index contributed by atoms with van der Waals surface area (Å²) in [7, 11) is 0. The Morgan fingerprint density at radius 3 is 2.57 bits per heavy atom. The standard InChI is InChI=1S/C23H21ClFNO2/c1-13-9-10-15(11-14(13)2)26-19-7-4-8-20(27)23(19)16(12-21(26)28)22-17(24)5-3-6-18(22)25/h3,5-6,9-11,16H,4,7-8,12H2,1-2H3. The summed E-state index contributed by atoms with van der Waals surface area (Å²) in [6.45, 7) is 4.01. The normalized spacial score (nSPS) is 19.9. The highest BCUT2D eigenvalue weighted by molar-refractivity contribution is 6.31. The average Bonchev–Trinajstić information content (AvgIpc) is 2.64. The van der Waals surface area contributed by atoms with Crippen molar-refractivity contribution in [3.63, 3.8) is 0 Å². The predicted octanol–water partition coefficient (Wildman–Crippen LogP) is 5.62. The summed E-state index contributed by atoms with van der Waals surface area (Å²) in [6, 6.07) is 10.3. The zero-order valence-electron chi connectivity index (χ0n) is 15.9. The maximum atomic E-state index is 14.6. The minimum absolute atomic E-state index is 0.0214. The van der Waals surface area contributed by atoms with Gasteiger partial charge in [-0.2, -0.15) is 0 Å². The summed E-state index contributed by atoms with van der Waals surface area (Å²) in [5.41, 5.74) is 4.46. The molecule has 1 amide bonds. The summed E-state index contributed by atoms with van der Waals surface area (Å²) in [4.78, 5) is 27.7. The maximum absolute atomic E-state index is 14.6. The Balaban J connectivity index is 1.91. The number of carbonyl (C=O) groups is 2. The number of hydrogen-bond acceptors (Lipinski definition) is 2. The van der Waals surface area contributed by atoms with Crippen molar-refractivity contribution in [3.8, 4) is 0 Å². The molecule has 3 nitrogen and oxygen atoms in total. The van der Waals surface area contributed by atoms with E-state index in [0.717, 1.165) is 16.8 Å². The molecular formula is C23H21ClFNO2. The minimum atomic E-state index is -0.633. The fourth-order valence-corrected chi connectivity index (χ4v) is 4.54. The summed E-state index contributed by atoms with van der Waals surface area (Å²) in [6.07, 6.45) is 1.74. The molecule has 4 rings (SSSR count). The van der Waals surface area contributed by atoms with Gasteiger partial charge in [-0.05, 0) is 62.1 Å². The summed E-state index contributed by atoms with van der Waals surface area (Å²) in [5.74, 6) is -1.27. The topological polar surface area (TPSA) is 37.4 Å². The van der Waals surface area contributed by atoms with Crippen LogP contribution in [0.4, 0.5) is 10.1 Å². The smallest absolute Gasteiger partial charge is 0.232 e. The van der Waals surface area contributed by atoms with Gasteiger partial charge in [0.25, 0.3) is 0 Å². The first-order valence-electron chi connectivity index (χ1n) is 9.49. The molecule has 2 aliphatic rings. The molecule has 5 heteroatoms. The third-order valence-corrected chi connectivity index (χ3v) is 6.10. The van der Waals surface area contributed by atoms with Crippen LogP contribution in [0, 0.1) is 19.7 Å². The molecule has 1 atom stereocenters. The lowest BCUT2D eigenvalue weighted by Gasteiger charge is -2.38. The molecule has 2 aromatic carbocycles. The molecule has 0 radical (unpaired) electrons. The summed E-state index contributed by atoms with van der Waals surface area (Å²) >= 11 is 6.28. The molecule has 28 heavy (non-hydrogen) atoms. The van der Waals surface area contributed by atoms with Gasteiger partial charge in [-0.1, -0.05) is 23.7 Å². The van der Waals surface area contributed by atoms with Crippen molar-refractivity contribution in [1.29, 1.82) is 0 Å². The van der Waals surface area contributed by atoms with E-state index in [9.17, 15) is 14.0 Å². The van der Waals surface area contributed by atoms with Crippen LogP contribution in [-0.4, -0.2) is 11.7 Å². The van der Waals surface area contributed by atoms with Crippen LogP contribution in [0.3, 0.4) is 0 Å². The van der Waals surface area contributed by atoms with E-state index in [-0.39, 0.29) is 28.7 Å². The zero-order valence-corrected chi connectivity index (χ0v) is 16.6. The van der Waals surface area contributed by atoms with Crippen molar-refractivity contribution in [2.45, 2.75) is 45.4 Å². The first-order chi connectivity index (χ1) is 13.4. The predicted molar refractivity (Wildman–Crippen MR) is 108 cm³/mol. The molecule has 0 fully saturated rings. The van der Waals surface area contributed by atoms with Crippen molar-refractivity contribution in [3.05, 3.63) is 75.2 Å². The second-order valence-corrected chi connectivity index (χ2v) is 7.93. The van der Waals surface area contributed by atoms with Gasteiger partial charge in [-0.25, -0.2) is 4.39 Å². The monoisotopic (exact) mass is 397 g/mol. The number of Topliss-reactive ketones (excluding diaryl/α,β-unsaturated/α-hetero) is 1.